The monoisotopic (exact) mass is 253 g/mol. The van der Waals surface area contributed by atoms with Gasteiger partial charge >= 0.3 is 0 Å². The number of aromatic nitrogens is 2. The third-order valence-corrected chi connectivity index (χ3v) is 2.66. The normalized spacial score (nSPS) is 9.82. The molecule has 0 saturated heterocycles. The molecule has 2 rings (SSSR count). The predicted molar refractivity (Wildman–Crippen MR) is 70.3 cm³/mol. The maximum atomic E-state index is 5.70. The van der Waals surface area contributed by atoms with E-state index in [1.54, 1.807) is 11.8 Å². The van der Waals surface area contributed by atoms with Crippen molar-refractivity contribution in [2.75, 3.05) is 7.11 Å². The molecule has 2 N–H and O–H groups in total. The first-order valence-electron chi connectivity index (χ1n) is 5.11. The minimum absolute atomic E-state index is 0. The largest absolute Gasteiger partial charge is 0.497 e. The van der Waals surface area contributed by atoms with E-state index in [1.807, 2.05) is 37.5 Å². The van der Waals surface area contributed by atoms with Crippen molar-refractivity contribution in [2.45, 2.75) is 6.54 Å². The molecule has 1 heterocycles. The lowest BCUT2D eigenvalue weighted by atomic mass is 10.1. The van der Waals surface area contributed by atoms with Crippen LogP contribution in [0.15, 0.2) is 30.5 Å². The second-order valence-corrected chi connectivity index (χ2v) is 3.56. The molecule has 5 heteroatoms. The summed E-state index contributed by atoms with van der Waals surface area (Å²) >= 11 is 0. The van der Waals surface area contributed by atoms with Crippen LogP contribution in [0, 0.1) is 0 Å². The van der Waals surface area contributed by atoms with E-state index in [1.165, 1.54) is 0 Å². The van der Waals surface area contributed by atoms with Gasteiger partial charge < -0.3 is 10.5 Å². The molecule has 0 atom stereocenters. The highest BCUT2D eigenvalue weighted by atomic mass is 35.5. The minimum Gasteiger partial charge on any atom is -0.497 e. The molecule has 0 bridgehead atoms. The van der Waals surface area contributed by atoms with Crippen LogP contribution in [0.5, 0.6) is 5.75 Å². The van der Waals surface area contributed by atoms with E-state index in [-0.39, 0.29) is 12.4 Å². The first-order chi connectivity index (χ1) is 7.76. The Balaban J connectivity index is 0.00000144. The molecular weight excluding hydrogens is 238 g/mol. The number of methoxy groups -OCH3 is 1. The van der Waals surface area contributed by atoms with Crippen molar-refractivity contribution >= 4 is 12.4 Å². The van der Waals surface area contributed by atoms with Gasteiger partial charge in [0, 0.05) is 19.2 Å². The highest BCUT2D eigenvalue weighted by Crippen LogP contribution is 2.24. The Morgan fingerprint density at radius 3 is 2.47 bits per heavy atom. The van der Waals surface area contributed by atoms with Gasteiger partial charge in [-0.25, -0.2) is 0 Å². The summed E-state index contributed by atoms with van der Waals surface area (Å²) in [6.45, 7) is 0.484. The maximum Gasteiger partial charge on any atom is 0.118 e. The van der Waals surface area contributed by atoms with Gasteiger partial charge in [0.05, 0.1) is 19.0 Å². The van der Waals surface area contributed by atoms with E-state index in [4.69, 9.17) is 10.5 Å². The Kier molecular flexibility index (Phi) is 4.54. The second-order valence-electron chi connectivity index (χ2n) is 3.56. The van der Waals surface area contributed by atoms with Crippen LogP contribution in [-0.4, -0.2) is 16.9 Å². The Bertz CT molecular complexity index is 479. The van der Waals surface area contributed by atoms with Gasteiger partial charge in [-0.05, 0) is 17.7 Å². The van der Waals surface area contributed by atoms with Crippen molar-refractivity contribution < 1.29 is 4.74 Å². The Morgan fingerprint density at radius 2 is 1.94 bits per heavy atom. The molecule has 0 spiro atoms. The molecule has 1 aromatic heterocycles. The zero-order valence-corrected chi connectivity index (χ0v) is 10.7. The molecule has 92 valence electrons. The van der Waals surface area contributed by atoms with Crippen LogP contribution in [0.3, 0.4) is 0 Å². The van der Waals surface area contributed by atoms with E-state index in [0.717, 1.165) is 22.6 Å². The fourth-order valence-corrected chi connectivity index (χ4v) is 1.72. The summed E-state index contributed by atoms with van der Waals surface area (Å²) in [5.41, 5.74) is 8.92. The molecule has 17 heavy (non-hydrogen) atoms. The van der Waals surface area contributed by atoms with Crippen LogP contribution in [-0.2, 0) is 13.6 Å². The summed E-state index contributed by atoms with van der Waals surface area (Å²) in [6.07, 6.45) is 1.84. The van der Waals surface area contributed by atoms with Crippen LogP contribution in [0.25, 0.3) is 11.1 Å². The van der Waals surface area contributed by atoms with Gasteiger partial charge in [-0.15, -0.1) is 12.4 Å². The second kappa shape index (κ2) is 5.70. The van der Waals surface area contributed by atoms with Crippen LogP contribution < -0.4 is 10.5 Å². The molecule has 0 radical (unpaired) electrons. The Labute approximate surface area is 107 Å². The molecule has 0 aliphatic carbocycles. The third-order valence-electron chi connectivity index (χ3n) is 2.66. The molecule has 0 saturated carbocycles. The Hall–Kier alpha value is -1.52. The van der Waals surface area contributed by atoms with Gasteiger partial charge in [-0.2, -0.15) is 5.10 Å². The summed E-state index contributed by atoms with van der Waals surface area (Å²) in [5, 5.41) is 4.21. The number of nitrogens with two attached hydrogens (primary N) is 1. The standard InChI is InChI=1S/C12H15N3O.ClH/c1-15-12(7-13)11(8-14-15)9-3-5-10(16-2)6-4-9;/h3-6,8H,7,13H2,1-2H3;1H. The van der Waals surface area contributed by atoms with Gasteiger partial charge in [-0.3, -0.25) is 4.68 Å². The van der Waals surface area contributed by atoms with Crippen molar-refractivity contribution in [1.29, 1.82) is 0 Å². The number of hydrogen-bond acceptors (Lipinski definition) is 3. The van der Waals surface area contributed by atoms with Gasteiger partial charge in [-0.1, -0.05) is 12.1 Å². The fraction of sp³-hybridized carbons (Fsp3) is 0.250. The van der Waals surface area contributed by atoms with E-state index in [0.29, 0.717) is 6.54 Å². The molecule has 0 amide bonds. The number of halogens is 1. The third kappa shape index (κ3) is 2.60. The highest BCUT2D eigenvalue weighted by molar-refractivity contribution is 5.85. The minimum atomic E-state index is 0. The fourth-order valence-electron chi connectivity index (χ4n) is 1.72. The van der Waals surface area contributed by atoms with Gasteiger partial charge in [0.2, 0.25) is 0 Å². The summed E-state index contributed by atoms with van der Waals surface area (Å²) in [7, 11) is 3.56. The maximum absolute atomic E-state index is 5.70. The zero-order valence-electron chi connectivity index (χ0n) is 9.88. The molecular formula is C12H16ClN3O. The van der Waals surface area contributed by atoms with Gasteiger partial charge in [0.25, 0.3) is 0 Å². The summed E-state index contributed by atoms with van der Waals surface area (Å²) in [6, 6.07) is 7.88. The molecule has 0 aliphatic rings. The van der Waals surface area contributed by atoms with E-state index < -0.39 is 0 Å². The number of hydrogen-bond donors (Lipinski definition) is 1. The lowest BCUT2D eigenvalue weighted by Crippen LogP contribution is -2.05. The van der Waals surface area contributed by atoms with Crippen molar-refractivity contribution in [1.82, 2.24) is 9.78 Å². The van der Waals surface area contributed by atoms with Gasteiger partial charge in [0.15, 0.2) is 0 Å². The van der Waals surface area contributed by atoms with E-state index in [2.05, 4.69) is 5.10 Å². The number of benzene rings is 1. The molecule has 0 aliphatic heterocycles. The molecule has 4 nitrogen and oxygen atoms in total. The lowest BCUT2D eigenvalue weighted by molar-refractivity contribution is 0.415. The van der Waals surface area contributed by atoms with Crippen molar-refractivity contribution in [3.05, 3.63) is 36.2 Å². The van der Waals surface area contributed by atoms with Crippen molar-refractivity contribution in [3.63, 3.8) is 0 Å². The van der Waals surface area contributed by atoms with Crippen molar-refractivity contribution in [2.24, 2.45) is 12.8 Å². The smallest absolute Gasteiger partial charge is 0.118 e. The summed E-state index contributed by atoms with van der Waals surface area (Å²) in [5.74, 6) is 0.849. The number of ether oxygens (including phenoxy) is 1. The van der Waals surface area contributed by atoms with Crippen LogP contribution in [0.4, 0.5) is 0 Å². The highest BCUT2D eigenvalue weighted by Gasteiger charge is 2.08. The first kappa shape index (κ1) is 13.5. The lowest BCUT2D eigenvalue weighted by Gasteiger charge is -2.04. The molecule has 1 aromatic carbocycles. The summed E-state index contributed by atoms with van der Waals surface area (Å²) in [4.78, 5) is 0. The molecule has 0 unspecified atom stereocenters. The van der Waals surface area contributed by atoms with Crippen LogP contribution in [0.1, 0.15) is 5.69 Å². The SMILES string of the molecule is COc1ccc(-c2cnn(C)c2CN)cc1.Cl. The number of rotatable bonds is 3. The van der Waals surface area contributed by atoms with Crippen LogP contribution >= 0.6 is 12.4 Å². The molecule has 2 aromatic rings. The van der Waals surface area contributed by atoms with Crippen LogP contribution in [0.2, 0.25) is 0 Å². The Morgan fingerprint density at radius 1 is 1.29 bits per heavy atom. The number of nitrogens with zero attached hydrogens (tertiary/aromatic N) is 2. The van der Waals surface area contributed by atoms with Crippen molar-refractivity contribution in [3.8, 4) is 16.9 Å². The predicted octanol–water partition coefficient (Wildman–Crippen LogP) is 1.98. The topological polar surface area (TPSA) is 53.1 Å². The first-order valence-corrected chi connectivity index (χ1v) is 5.11. The van der Waals surface area contributed by atoms with Gasteiger partial charge in [0.1, 0.15) is 5.75 Å². The number of aryl methyl sites for hydroxylation is 1. The van der Waals surface area contributed by atoms with E-state index in [9.17, 15) is 0 Å². The molecule has 0 fully saturated rings. The average molecular weight is 254 g/mol. The van der Waals surface area contributed by atoms with E-state index >= 15 is 0 Å². The zero-order chi connectivity index (χ0) is 11.5. The quantitative estimate of drug-likeness (QED) is 0.910. The average Bonchev–Trinajstić information content (AvgIpc) is 2.70. The summed E-state index contributed by atoms with van der Waals surface area (Å²) < 4.78 is 6.93.